The Labute approximate surface area is 102 Å². The fourth-order valence-electron chi connectivity index (χ4n) is 1.56. The number of rotatable bonds is 2. The van der Waals surface area contributed by atoms with Gasteiger partial charge in [-0.2, -0.15) is 0 Å². The van der Waals surface area contributed by atoms with Crippen LogP contribution < -0.4 is 0 Å². The van der Waals surface area contributed by atoms with Gasteiger partial charge in [0, 0.05) is 15.5 Å². The Morgan fingerprint density at radius 1 is 1.38 bits per heavy atom. The Hall–Kier alpha value is -0.900. The molecule has 0 radical (unpaired) electrons. The molecule has 4 heteroatoms. The monoisotopic (exact) mass is 256 g/mol. The molecule has 0 aliphatic carbocycles. The average Bonchev–Trinajstić information content (AvgIpc) is 2.75. The van der Waals surface area contributed by atoms with Crippen LogP contribution in [0.3, 0.4) is 0 Å². The molecule has 0 bridgehead atoms. The predicted molar refractivity (Wildman–Crippen MR) is 64.4 cm³/mol. The van der Waals surface area contributed by atoms with Gasteiger partial charge in [0.1, 0.15) is 11.4 Å². The van der Waals surface area contributed by atoms with E-state index in [1.807, 2.05) is 11.4 Å². The van der Waals surface area contributed by atoms with Crippen molar-refractivity contribution in [2.75, 3.05) is 0 Å². The van der Waals surface area contributed by atoms with E-state index in [2.05, 4.69) is 0 Å². The Morgan fingerprint density at radius 3 is 2.75 bits per heavy atom. The fourth-order valence-corrected chi connectivity index (χ4v) is 2.66. The minimum atomic E-state index is -1.26. The highest BCUT2D eigenvalue weighted by Gasteiger charge is 2.29. The molecule has 0 amide bonds. The summed E-state index contributed by atoms with van der Waals surface area (Å²) in [6, 6.07) is 7.63. The van der Waals surface area contributed by atoms with Crippen LogP contribution in [0.25, 0.3) is 0 Å². The Bertz CT molecular complexity index is 494. The minimum absolute atomic E-state index is 0.361. The Morgan fingerprint density at radius 2 is 2.12 bits per heavy atom. The van der Waals surface area contributed by atoms with Gasteiger partial charge in [0.05, 0.1) is 0 Å². The van der Waals surface area contributed by atoms with E-state index < -0.39 is 11.4 Å². The zero-order valence-corrected chi connectivity index (χ0v) is 10.1. The van der Waals surface area contributed by atoms with Gasteiger partial charge < -0.3 is 5.11 Å². The van der Waals surface area contributed by atoms with Gasteiger partial charge in [0.25, 0.3) is 0 Å². The number of halogens is 2. The molecule has 2 aromatic rings. The molecule has 1 aromatic heterocycles. The summed E-state index contributed by atoms with van der Waals surface area (Å²) in [6.45, 7) is 1.61. The number of hydrogen-bond acceptors (Lipinski definition) is 2. The molecular weight excluding hydrogens is 247 g/mol. The molecule has 0 spiro atoms. The number of benzene rings is 1. The first-order chi connectivity index (χ1) is 7.51. The van der Waals surface area contributed by atoms with Gasteiger partial charge in [-0.3, -0.25) is 0 Å². The van der Waals surface area contributed by atoms with Crippen molar-refractivity contribution in [2.45, 2.75) is 12.5 Å². The van der Waals surface area contributed by atoms with Gasteiger partial charge in [-0.15, -0.1) is 11.3 Å². The highest BCUT2D eigenvalue weighted by Crippen LogP contribution is 2.36. The molecule has 1 nitrogen and oxygen atoms in total. The molecule has 1 N–H and O–H groups in total. The zero-order valence-electron chi connectivity index (χ0n) is 8.58. The van der Waals surface area contributed by atoms with Crippen LogP contribution in [0, 0.1) is 5.82 Å². The summed E-state index contributed by atoms with van der Waals surface area (Å²) in [5.41, 5.74) is -0.871. The van der Waals surface area contributed by atoms with E-state index in [0.29, 0.717) is 10.6 Å². The number of aliphatic hydroxyl groups is 1. The molecule has 0 saturated carbocycles. The van der Waals surface area contributed by atoms with E-state index in [1.165, 1.54) is 29.5 Å². The highest BCUT2D eigenvalue weighted by atomic mass is 35.5. The van der Waals surface area contributed by atoms with Gasteiger partial charge in [0.2, 0.25) is 0 Å². The molecule has 1 aromatic carbocycles. The van der Waals surface area contributed by atoms with Crippen molar-refractivity contribution < 1.29 is 9.50 Å². The number of hydrogen-bond donors (Lipinski definition) is 1. The van der Waals surface area contributed by atoms with Crippen molar-refractivity contribution in [3.63, 3.8) is 0 Å². The average molecular weight is 257 g/mol. The maximum absolute atomic E-state index is 13.2. The van der Waals surface area contributed by atoms with Crippen molar-refractivity contribution in [1.82, 2.24) is 0 Å². The van der Waals surface area contributed by atoms with Gasteiger partial charge >= 0.3 is 0 Å². The standard InChI is InChI=1S/C12H10ClFOS/c1-12(15,11-3-2-6-16-11)9-7-8(14)4-5-10(9)13/h2-7,15H,1H3. The summed E-state index contributed by atoms with van der Waals surface area (Å²) in [6.07, 6.45) is 0. The lowest BCUT2D eigenvalue weighted by Crippen LogP contribution is -2.22. The zero-order chi connectivity index (χ0) is 11.8. The number of thiophene rings is 1. The second kappa shape index (κ2) is 4.17. The van der Waals surface area contributed by atoms with Crippen LogP contribution in [0.1, 0.15) is 17.4 Å². The third-order valence-electron chi connectivity index (χ3n) is 2.45. The summed E-state index contributed by atoms with van der Waals surface area (Å²) < 4.78 is 13.2. The third-order valence-corrected chi connectivity index (χ3v) is 3.86. The molecule has 0 saturated heterocycles. The fraction of sp³-hybridized carbons (Fsp3) is 0.167. The molecule has 1 unspecified atom stereocenters. The van der Waals surface area contributed by atoms with Crippen LogP contribution >= 0.6 is 22.9 Å². The van der Waals surface area contributed by atoms with E-state index in [0.717, 1.165) is 4.88 Å². The van der Waals surface area contributed by atoms with Crippen LogP contribution in [-0.4, -0.2) is 5.11 Å². The van der Waals surface area contributed by atoms with Crippen molar-refractivity contribution in [3.8, 4) is 0 Å². The van der Waals surface area contributed by atoms with E-state index in [9.17, 15) is 9.50 Å². The van der Waals surface area contributed by atoms with Crippen LogP contribution in [0.5, 0.6) is 0 Å². The molecule has 1 heterocycles. The molecule has 0 fully saturated rings. The van der Waals surface area contributed by atoms with Crippen LogP contribution in [0.15, 0.2) is 35.7 Å². The molecule has 0 aliphatic heterocycles. The maximum atomic E-state index is 13.2. The summed E-state index contributed by atoms with van der Waals surface area (Å²) in [5, 5.41) is 12.6. The second-order valence-electron chi connectivity index (χ2n) is 3.67. The normalized spacial score (nSPS) is 14.8. The van der Waals surface area contributed by atoms with Gasteiger partial charge in [-0.1, -0.05) is 17.7 Å². The topological polar surface area (TPSA) is 20.2 Å². The smallest absolute Gasteiger partial charge is 0.123 e. The van der Waals surface area contributed by atoms with Crippen molar-refractivity contribution >= 4 is 22.9 Å². The second-order valence-corrected chi connectivity index (χ2v) is 5.03. The summed E-state index contributed by atoms with van der Waals surface area (Å²) >= 11 is 7.38. The third kappa shape index (κ3) is 1.98. The summed E-state index contributed by atoms with van der Waals surface area (Å²) in [5.74, 6) is -0.406. The maximum Gasteiger partial charge on any atom is 0.123 e. The molecule has 16 heavy (non-hydrogen) atoms. The van der Waals surface area contributed by atoms with Gasteiger partial charge in [-0.25, -0.2) is 4.39 Å². The Balaban J connectivity index is 2.55. The van der Waals surface area contributed by atoms with E-state index in [1.54, 1.807) is 13.0 Å². The highest BCUT2D eigenvalue weighted by molar-refractivity contribution is 7.10. The first-order valence-electron chi connectivity index (χ1n) is 4.73. The molecule has 84 valence electrons. The van der Waals surface area contributed by atoms with E-state index >= 15 is 0 Å². The van der Waals surface area contributed by atoms with Gasteiger partial charge in [0.15, 0.2) is 0 Å². The van der Waals surface area contributed by atoms with Crippen molar-refractivity contribution in [2.24, 2.45) is 0 Å². The SMILES string of the molecule is CC(O)(c1cccs1)c1cc(F)ccc1Cl. The summed E-state index contributed by atoms with van der Waals surface area (Å²) in [4.78, 5) is 0.736. The van der Waals surface area contributed by atoms with Crippen LogP contribution in [-0.2, 0) is 5.60 Å². The van der Waals surface area contributed by atoms with Crippen LogP contribution in [0.4, 0.5) is 4.39 Å². The Kier molecular flexibility index (Phi) is 3.02. The van der Waals surface area contributed by atoms with E-state index in [4.69, 9.17) is 11.6 Å². The molecule has 2 rings (SSSR count). The molecular formula is C12H10ClFOS. The lowest BCUT2D eigenvalue weighted by molar-refractivity contribution is 0.106. The van der Waals surface area contributed by atoms with Crippen molar-refractivity contribution in [1.29, 1.82) is 0 Å². The van der Waals surface area contributed by atoms with Gasteiger partial charge in [-0.05, 0) is 36.6 Å². The van der Waals surface area contributed by atoms with Crippen LogP contribution in [0.2, 0.25) is 5.02 Å². The van der Waals surface area contributed by atoms with E-state index in [-0.39, 0.29) is 0 Å². The lowest BCUT2D eigenvalue weighted by atomic mass is 9.94. The first-order valence-corrected chi connectivity index (χ1v) is 5.99. The predicted octanol–water partition coefficient (Wildman–Crippen LogP) is 3.80. The van der Waals surface area contributed by atoms with Crippen molar-refractivity contribution in [3.05, 3.63) is 57.0 Å². The lowest BCUT2D eigenvalue weighted by Gasteiger charge is -2.23. The first kappa shape index (κ1) is 11.6. The quantitative estimate of drug-likeness (QED) is 0.867. The molecule has 0 aliphatic rings. The molecule has 1 atom stereocenters. The minimum Gasteiger partial charge on any atom is -0.380 e. The summed E-state index contributed by atoms with van der Waals surface area (Å²) in [7, 11) is 0. The largest absolute Gasteiger partial charge is 0.380 e.